The maximum atomic E-state index is 13.8. The molecule has 0 atom stereocenters. The van der Waals surface area contributed by atoms with E-state index in [1.54, 1.807) is 41.3 Å². The zero-order chi connectivity index (χ0) is 28.4. The second-order valence-corrected chi connectivity index (χ2v) is 11.3. The molecule has 0 radical (unpaired) electrons. The lowest BCUT2D eigenvalue weighted by Crippen LogP contribution is -2.52. The maximum Gasteiger partial charge on any atom is 0.416 e. The average Bonchev–Trinajstić information content (AvgIpc) is 2.91. The first kappa shape index (κ1) is 28.3. The maximum absolute atomic E-state index is 13.8. The highest BCUT2D eigenvalue weighted by atomic mass is 32.2. The Hall–Kier alpha value is -3.73. The third-order valence-electron chi connectivity index (χ3n) is 6.66. The van der Waals surface area contributed by atoms with Crippen molar-refractivity contribution in [2.45, 2.75) is 24.9 Å². The van der Waals surface area contributed by atoms with Gasteiger partial charge in [-0.05, 0) is 61.9 Å². The average molecular weight is 562 g/mol. The van der Waals surface area contributed by atoms with Crippen LogP contribution in [-0.2, 0) is 21.0 Å². The number of halogens is 3. The Kier molecular flexibility index (Phi) is 8.10. The highest BCUT2D eigenvalue weighted by molar-refractivity contribution is 7.92. The van der Waals surface area contributed by atoms with Gasteiger partial charge in [0.2, 0.25) is 5.91 Å². The molecule has 1 aliphatic rings. The molecule has 1 heterocycles. The van der Waals surface area contributed by atoms with E-state index in [4.69, 9.17) is 4.74 Å². The molecular formula is C28H30F3N3O4S. The molecule has 7 nitrogen and oxygen atoms in total. The molecule has 1 fully saturated rings. The minimum atomic E-state index is -4.45. The number of hydrogen-bond donors (Lipinski definition) is 0. The largest absolute Gasteiger partial charge is 0.495 e. The van der Waals surface area contributed by atoms with Gasteiger partial charge in [0.05, 0.1) is 23.3 Å². The van der Waals surface area contributed by atoms with Gasteiger partial charge < -0.3 is 14.5 Å². The first-order valence-corrected chi connectivity index (χ1v) is 13.8. The molecule has 0 N–H and O–H groups in total. The van der Waals surface area contributed by atoms with Crippen molar-refractivity contribution in [2.24, 2.45) is 0 Å². The summed E-state index contributed by atoms with van der Waals surface area (Å²) in [5.41, 5.74) is 1.61. The highest BCUT2D eigenvalue weighted by Crippen LogP contribution is 2.34. The monoisotopic (exact) mass is 561 g/mol. The number of ether oxygens (including phenoxy) is 1. The second-order valence-electron chi connectivity index (χ2n) is 9.42. The summed E-state index contributed by atoms with van der Waals surface area (Å²) in [5, 5.41) is 0. The van der Waals surface area contributed by atoms with Crippen molar-refractivity contribution >= 4 is 27.3 Å². The summed E-state index contributed by atoms with van der Waals surface area (Å²) in [7, 11) is -2.71. The minimum absolute atomic E-state index is 0.0406. The smallest absolute Gasteiger partial charge is 0.416 e. The summed E-state index contributed by atoms with van der Waals surface area (Å²) in [5.74, 6) is -0.114. The molecule has 3 aromatic carbocycles. The molecule has 0 unspecified atom stereocenters. The van der Waals surface area contributed by atoms with E-state index in [1.165, 1.54) is 30.2 Å². The van der Waals surface area contributed by atoms with Crippen LogP contribution in [0.3, 0.4) is 0 Å². The topological polar surface area (TPSA) is 70.2 Å². The fourth-order valence-corrected chi connectivity index (χ4v) is 5.86. The summed E-state index contributed by atoms with van der Waals surface area (Å²) < 4.78 is 73.5. The van der Waals surface area contributed by atoms with Crippen molar-refractivity contribution < 1.29 is 31.1 Å². The fourth-order valence-electron chi connectivity index (χ4n) is 4.45. The number of hydrogen-bond acceptors (Lipinski definition) is 5. The molecule has 3 aromatic rings. The molecule has 0 aromatic heterocycles. The number of anilines is 2. The van der Waals surface area contributed by atoms with E-state index >= 15 is 0 Å². The van der Waals surface area contributed by atoms with Crippen LogP contribution in [0.5, 0.6) is 5.75 Å². The predicted molar refractivity (Wildman–Crippen MR) is 144 cm³/mol. The number of carbonyl (C=O) groups is 1. The quantitative estimate of drug-likeness (QED) is 0.412. The molecule has 208 valence electrons. The standard InChI is InChI=1S/C28H30F3N3O4S/c1-20-7-10-24(11-8-20)39(36,37)34(25-17-21(2)9-12-26(25)38-3)19-27(35)33-15-13-32(14-16-33)23-6-4-5-22(18-23)28(29,30)31/h4-12,17-18H,13-16,19H2,1-3H3. The van der Waals surface area contributed by atoms with E-state index in [0.29, 0.717) is 24.5 Å². The van der Waals surface area contributed by atoms with Gasteiger partial charge in [-0.25, -0.2) is 8.42 Å². The number of benzene rings is 3. The van der Waals surface area contributed by atoms with Gasteiger partial charge in [-0.15, -0.1) is 0 Å². The van der Waals surface area contributed by atoms with Gasteiger partial charge in [-0.3, -0.25) is 9.10 Å². The molecule has 11 heteroatoms. The van der Waals surface area contributed by atoms with Crippen LogP contribution in [0, 0.1) is 13.8 Å². The van der Waals surface area contributed by atoms with Crippen molar-refractivity contribution in [3.8, 4) is 5.75 Å². The van der Waals surface area contributed by atoms with Crippen molar-refractivity contribution in [1.82, 2.24) is 4.90 Å². The Morgan fingerprint density at radius 2 is 1.56 bits per heavy atom. The molecule has 0 bridgehead atoms. The third kappa shape index (κ3) is 6.30. The van der Waals surface area contributed by atoms with E-state index in [1.807, 2.05) is 13.8 Å². The lowest BCUT2D eigenvalue weighted by atomic mass is 10.1. The van der Waals surface area contributed by atoms with Crippen LogP contribution >= 0.6 is 0 Å². The minimum Gasteiger partial charge on any atom is -0.495 e. The van der Waals surface area contributed by atoms with Crippen LogP contribution < -0.4 is 13.9 Å². The van der Waals surface area contributed by atoms with Crippen LogP contribution in [0.4, 0.5) is 24.5 Å². The Labute approximate surface area is 226 Å². The van der Waals surface area contributed by atoms with Crippen LogP contribution in [-0.4, -0.2) is 59.1 Å². The van der Waals surface area contributed by atoms with Crippen LogP contribution in [0.15, 0.2) is 71.6 Å². The summed E-state index contributed by atoms with van der Waals surface area (Å²) in [4.78, 5) is 16.8. The van der Waals surface area contributed by atoms with Crippen molar-refractivity contribution in [3.63, 3.8) is 0 Å². The van der Waals surface area contributed by atoms with Crippen LogP contribution in [0.2, 0.25) is 0 Å². The zero-order valence-electron chi connectivity index (χ0n) is 21.9. The molecule has 1 aliphatic heterocycles. The van der Waals surface area contributed by atoms with E-state index in [9.17, 15) is 26.4 Å². The van der Waals surface area contributed by atoms with Gasteiger partial charge >= 0.3 is 6.18 Å². The summed E-state index contributed by atoms with van der Waals surface area (Å²) >= 11 is 0. The number of piperazine rings is 1. The lowest BCUT2D eigenvalue weighted by molar-refractivity contribution is -0.137. The van der Waals surface area contributed by atoms with Crippen molar-refractivity contribution in [3.05, 3.63) is 83.4 Å². The zero-order valence-corrected chi connectivity index (χ0v) is 22.7. The number of aryl methyl sites for hydroxylation is 2. The molecule has 0 saturated carbocycles. The normalized spacial score (nSPS) is 14.3. The van der Waals surface area contributed by atoms with Gasteiger partial charge in [0.1, 0.15) is 12.3 Å². The summed E-state index contributed by atoms with van der Waals surface area (Å²) in [6.07, 6.45) is -4.45. The number of nitrogens with zero attached hydrogens (tertiary/aromatic N) is 3. The Balaban J connectivity index is 1.57. The molecular weight excluding hydrogens is 531 g/mol. The van der Waals surface area contributed by atoms with E-state index < -0.39 is 34.2 Å². The molecule has 0 aliphatic carbocycles. The number of methoxy groups -OCH3 is 1. The Bertz CT molecular complexity index is 1440. The van der Waals surface area contributed by atoms with E-state index in [-0.39, 0.29) is 23.7 Å². The fraction of sp³-hybridized carbons (Fsp3) is 0.321. The lowest BCUT2D eigenvalue weighted by Gasteiger charge is -2.37. The van der Waals surface area contributed by atoms with Gasteiger partial charge in [-0.2, -0.15) is 13.2 Å². The van der Waals surface area contributed by atoms with E-state index in [2.05, 4.69) is 0 Å². The predicted octanol–water partition coefficient (Wildman–Crippen LogP) is 4.87. The van der Waals surface area contributed by atoms with Crippen molar-refractivity contribution in [2.75, 3.05) is 49.0 Å². The van der Waals surface area contributed by atoms with Gasteiger partial charge in [0.15, 0.2) is 0 Å². The van der Waals surface area contributed by atoms with Gasteiger partial charge in [-0.1, -0.05) is 29.8 Å². The van der Waals surface area contributed by atoms with Crippen LogP contribution in [0.25, 0.3) is 0 Å². The summed E-state index contributed by atoms with van der Waals surface area (Å²) in [6.45, 7) is 4.29. The second kappa shape index (κ2) is 11.2. The van der Waals surface area contributed by atoms with Gasteiger partial charge in [0.25, 0.3) is 10.0 Å². The number of carbonyl (C=O) groups excluding carboxylic acids is 1. The summed E-state index contributed by atoms with van der Waals surface area (Å²) in [6, 6.07) is 16.5. The third-order valence-corrected chi connectivity index (χ3v) is 8.44. The first-order chi connectivity index (χ1) is 18.4. The van der Waals surface area contributed by atoms with Gasteiger partial charge in [0, 0.05) is 31.9 Å². The number of amides is 1. The molecule has 1 saturated heterocycles. The number of sulfonamides is 1. The number of rotatable bonds is 7. The van der Waals surface area contributed by atoms with Crippen LogP contribution in [0.1, 0.15) is 16.7 Å². The SMILES string of the molecule is COc1ccc(C)cc1N(CC(=O)N1CCN(c2cccc(C(F)(F)F)c2)CC1)S(=O)(=O)c1ccc(C)cc1. The number of alkyl halides is 3. The molecule has 39 heavy (non-hydrogen) atoms. The first-order valence-electron chi connectivity index (χ1n) is 12.3. The molecule has 4 rings (SSSR count). The highest BCUT2D eigenvalue weighted by Gasteiger charge is 2.33. The van der Waals surface area contributed by atoms with Crippen molar-refractivity contribution in [1.29, 1.82) is 0 Å². The molecule has 0 spiro atoms. The Morgan fingerprint density at radius 1 is 0.923 bits per heavy atom. The molecule has 1 amide bonds. The Morgan fingerprint density at radius 3 is 2.18 bits per heavy atom. The van der Waals surface area contributed by atoms with E-state index in [0.717, 1.165) is 27.6 Å².